The first-order valence-corrected chi connectivity index (χ1v) is 6.98. The van der Waals surface area contributed by atoms with Crippen LogP contribution in [0.1, 0.15) is 32.1 Å². The largest absolute Gasteiger partial charge is 0.347 e. The molecule has 0 aromatic rings. The van der Waals surface area contributed by atoms with E-state index >= 15 is 0 Å². The quantitative estimate of drug-likeness (QED) is 0.746. The lowest BCUT2D eigenvalue weighted by atomic mass is 9.95. The molecule has 102 valence electrons. The van der Waals surface area contributed by atoms with Gasteiger partial charge in [-0.15, -0.1) is 0 Å². The maximum atomic E-state index is 12.0. The summed E-state index contributed by atoms with van der Waals surface area (Å²) in [5, 5.41) is 2.78. The van der Waals surface area contributed by atoms with Crippen molar-refractivity contribution >= 4 is 11.8 Å². The Morgan fingerprint density at radius 3 is 2.56 bits per heavy atom. The van der Waals surface area contributed by atoms with E-state index in [1.807, 2.05) is 4.90 Å². The summed E-state index contributed by atoms with van der Waals surface area (Å²) in [7, 11) is 0. The van der Waals surface area contributed by atoms with Crippen LogP contribution in [-0.2, 0) is 9.59 Å². The van der Waals surface area contributed by atoms with E-state index in [9.17, 15) is 9.59 Å². The van der Waals surface area contributed by atoms with Gasteiger partial charge >= 0.3 is 0 Å². The summed E-state index contributed by atoms with van der Waals surface area (Å²) in [6.45, 7) is 2.39. The minimum absolute atomic E-state index is 0.00972. The molecule has 5 nitrogen and oxygen atoms in total. The standard InChI is InChI=1S/C13H23N3O2/c14-8-10-4-3-5-11(10)13(18)15-9-12(17)16-6-1-2-7-16/h10-11H,1-9,14H2,(H,15,18). The lowest BCUT2D eigenvalue weighted by Gasteiger charge is -2.19. The van der Waals surface area contributed by atoms with Crippen LogP contribution in [0.25, 0.3) is 0 Å². The average Bonchev–Trinajstić information content (AvgIpc) is 3.04. The Morgan fingerprint density at radius 2 is 1.89 bits per heavy atom. The lowest BCUT2D eigenvalue weighted by molar-refractivity contribution is -0.133. The van der Waals surface area contributed by atoms with Crippen molar-refractivity contribution in [3.8, 4) is 0 Å². The number of nitrogens with zero attached hydrogens (tertiary/aromatic N) is 1. The molecule has 2 rings (SSSR count). The fourth-order valence-corrected chi connectivity index (χ4v) is 3.04. The third-order valence-electron chi connectivity index (χ3n) is 4.17. The van der Waals surface area contributed by atoms with Gasteiger partial charge in [-0.25, -0.2) is 0 Å². The van der Waals surface area contributed by atoms with Gasteiger partial charge in [0.05, 0.1) is 6.54 Å². The molecule has 5 heteroatoms. The Bertz CT molecular complexity index is 313. The molecule has 2 aliphatic rings. The first kappa shape index (κ1) is 13.3. The molecule has 0 spiro atoms. The monoisotopic (exact) mass is 253 g/mol. The smallest absolute Gasteiger partial charge is 0.241 e. The van der Waals surface area contributed by atoms with Crippen LogP contribution in [0, 0.1) is 11.8 Å². The molecule has 3 N–H and O–H groups in total. The van der Waals surface area contributed by atoms with Crippen molar-refractivity contribution in [1.29, 1.82) is 0 Å². The zero-order valence-electron chi connectivity index (χ0n) is 10.9. The zero-order valence-corrected chi connectivity index (χ0v) is 10.9. The number of hydrogen-bond donors (Lipinski definition) is 2. The molecule has 0 aromatic heterocycles. The molecule has 2 fully saturated rings. The summed E-state index contributed by atoms with van der Waals surface area (Å²) in [6, 6.07) is 0. The molecule has 1 saturated carbocycles. The van der Waals surface area contributed by atoms with E-state index in [-0.39, 0.29) is 24.3 Å². The van der Waals surface area contributed by atoms with Crippen LogP contribution in [0.4, 0.5) is 0 Å². The number of carbonyl (C=O) groups is 2. The highest BCUT2D eigenvalue weighted by Gasteiger charge is 2.32. The van der Waals surface area contributed by atoms with Crippen molar-refractivity contribution in [2.24, 2.45) is 17.6 Å². The summed E-state index contributed by atoms with van der Waals surface area (Å²) in [6.07, 6.45) is 5.18. The highest BCUT2D eigenvalue weighted by molar-refractivity contribution is 5.86. The SMILES string of the molecule is NCC1CCCC1C(=O)NCC(=O)N1CCCC1. The first-order chi connectivity index (χ1) is 8.72. The first-order valence-electron chi connectivity index (χ1n) is 6.98. The van der Waals surface area contributed by atoms with Crippen molar-refractivity contribution < 1.29 is 9.59 Å². The minimum atomic E-state index is 0.00972. The summed E-state index contributed by atoms with van der Waals surface area (Å²) in [4.78, 5) is 25.6. The predicted molar refractivity (Wildman–Crippen MR) is 68.7 cm³/mol. The third-order valence-corrected chi connectivity index (χ3v) is 4.17. The molecule has 2 amide bonds. The van der Waals surface area contributed by atoms with Crippen molar-refractivity contribution in [3.63, 3.8) is 0 Å². The van der Waals surface area contributed by atoms with Gasteiger partial charge in [0, 0.05) is 19.0 Å². The maximum absolute atomic E-state index is 12.0. The van der Waals surface area contributed by atoms with E-state index in [2.05, 4.69) is 5.32 Å². The predicted octanol–water partition coefficient (Wildman–Crippen LogP) is 0.100. The van der Waals surface area contributed by atoms with Crippen molar-refractivity contribution in [2.45, 2.75) is 32.1 Å². The summed E-state index contributed by atoms with van der Waals surface area (Å²) in [5.74, 6) is 0.368. The Labute approximate surface area is 108 Å². The second-order valence-corrected chi connectivity index (χ2v) is 5.34. The van der Waals surface area contributed by atoms with E-state index in [0.717, 1.165) is 45.2 Å². The van der Waals surface area contributed by atoms with Crippen LogP contribution < -0.4 is 11.1 Å². The van der Waals surface area contributed by atoms with Crippen LogP contribution in [0.5, 0.6) is 0 Å². The van der Waals surface area contributed by atoms with Gasteiger partial charge in [-0.2, -0.15) is 0 Å². The summed E-state index contributed by atoms with van der Waals surface area (Å²) < 4.78 is 0. The van der Waals surface area contributed by atoms with Gasteiger partial charge in [-0.3, -0.25) is 9.59 Å². The molecule has 1 aliphatic heterocycles. The molecule has 2 unspecified atom stereocenters. The second-order valence-electron chi connectivity index (χ2n) is 5.34. The van der Waals surface area contributed by atoms with Crippen LogP contribution in [-0.4, -0.2) is 42.9 Å². The summed E-state index contributed by atoms with van der Waals surface area (Å²) in [5.41, 5.74) is 5.66. The molecule has 1 heterocycles. The van der Waals surface area contributed by atoms with Gasteiger partial charge in [-0.05, 0) is 38.1 Å². The molecule has 0 radical (unpaired) electrons. The lowest BCUT2D eigenvalue weighted by Crippen LogP contribution is -2.42. The van der Waals surface area contributed by atoms with Gasteiger partial charge in [0.1, 0.15) is 0 Å². The molecule has 1 saturated heterocycles. The fourth-order valence-electron chi connectivity index (χ4n) is 3.04. The van der Waals surface area contributed by atoms with E-state index < -0.39 is 0 Å². The van der Waals surface area contributed by atoms with E-state index in [1.165, 1.54) is 0 Å². The average molecular weight is 253 g/mol. The second kappa shape index (κ2) is 6.18. The minimum Gasteiger partial charge on any atom is -0.347 e. The summed E-state index contributed by atoms with van der Waals surface area (Å²) >= 11 is 0. The number of likely N-dealkylation sites (tertiary alicyclic amines) is 1. The molecule has 0 bridgehead atoms. The highest BCUT2D eigenvalue weighted by Crippen LogP contribution is 2.30. The molecule has 2 atom stereocenters. The van der Waals surface area contributed by atoms with E-state index in [1.54, 1.807) is 0 Å². The van der Waals surface area contributed by atoms with Gasteiger partial charge in [0.15, 0.2) is 0 Å². The van der Waals surface area contributed by atoms with Gasteiger partial charge in [0.25, 0.3) is 0 Å². The van der Waals surface area contributed by atoms with Gasteiger partial charge in [0.2, 0.25) is 11.8 Å². The number of rotatable bonds is 4. The molecule has 0 aromatic carbocycles. The number of nitrogens with two attached hydrogens (primary N) is 1. The number of carbonyl (C=O) groups excluding carboxylic acids is 2. The number of nitrogens with one attached hydrogen (secondary N) is 1. The Kier molecular flexibility index (Phi) is 4.58. The van der Waals surface area contributed by atoms with Gasteiger partial charge in [-0.1, -0.05) is 6.42 Å². The highest BCUT2D eigenvalue weighted by atomic mass is 16.2. The van der Waals surface area contributed by atoms with Crippen molar-refractivity contribution in [3.05, 3.63) is 0 Å². The van der Waals surface area contributed by atoms with Gasteiger partial charge < -0.3 is 16.0 Å². The Morgan fingerprint density at radius 1 is 1.17 bits per heavy atom. The van der Waals surface area contributed by atoms with E-state index in [4.69, 9.17) is 5.73 Å². The van der Waals surface area contributed by atoms with Crippen LogP contribution >= 0.6 is 0 Å². The number of amides is 2. The third kappa shape index (κ3) is 3.02. The van der Waals surface area contributed by atoms with Crippen molar-refractivity contribution in [2.75, 3.05) is 26.2 Å². The molecular formula is C13H23N3O2. The molecular weight excluding hydrogens is 230 g/mol. The Balaban J connectivity index is 1.75. The van der Waals surface area contributed by atoms with Crippen LogP contribution in [0.3, 0.4) is 0 Å². The maximum Gasteiger partial charge on any atom is 0.241 e. The number of hydrogen-bond acceptors (Lipinski definition) is 3. The molecule has 18 heavy (non-hydrogen) atoms. The Hall–Kier alpha value is -1.10. The molecule has 1 aliphatic carbocycles. The van der Waals surface area contributed by atoms with Crippen LogP contribution in [0.2, 0.25) is 0 Å². The topological polar surface area (TPSA) is 75.4 Å². The van der Waals surface area contributed by atoms with E-state index in [0.29, 0.717) is 12.5 Å². The zero-order chi connectivity index (χ0) is 13.0. The van der Waals surface area contributed by atoms with Crippen LogP contribution in [0.15, 0.2) is 0 Å². The fraction of sp³-hybridized carbons (Fsp3) is 0.846. The van der Waals surface area contributed by atoms with Crippen molar-refractivity contribution in [1.82, 2.24) is 10.2 Å². The normalized spacial score (nSPS) is 27.5.